The first-order valence-corrected chi connectivity index (χ1v) is 3.89. The van der Waals surface area contributed by atoms with Crippen LogP contribution in [-0.4, -0.2) is 4.98 Å². The summed E-state index contributed by atoms with van der Waals surface area (Å²) in [6.07, 6.45) is 1.49. The molecule has 54 valence electrons. The summed E-state index contributed by atoms with van der Waals surface area (Å²) in [6.45, 7) is 0. The van der Waals surface area contributed by atoms with Gasteiger partial charge in [-0.3, -0.25) is 0 Å². The Hall–Kier alpha value is 0.0200. The van der Waals surface area contributed by atoms with Gasteiger partial charge < -0.3 is 0 Å². The summed E-state index contributed by atoms with van der Waals surface area (Å²) in [6, 6.07) is 1.70. The van der Waals surface area contributed by atoms with Crippen molar-refractivity contribution >= 4 is 34.8 Å². The van der Waals surface area contributed by atoms with E-state index in [1.54, 1.807) is 6.07 Å². The quantitative estimate of drug-likeness (QED) is 0.497. The monoisotopic (exact) mass is 195 g/mol. The number of halogens is 3. The lowest BCUT2D eigenvalue weighted by Crippen LogP contribution is -1.83. The van der Waals surface area contributed by atoms with Crippen molar-refractivity contribution < 1.29 is 0 Å². The Morgan fingerprint density at radius 3 is 2.60 bits per heavy atom. The molecule has 0 unspecified atom stereocenters. The van der Waals surface area contributed by atoms with E-state index in [1.807, 2.05) is 0 Å². The summed E-state index contributed by atoms with van der Waals surface area (Å²) in [5.74, 6) is 0.340. The van der Waals surface area contributed by atoms with Crippen molar-refractivity contribution in [1.82, 2.24) is 4.98 Å². The molecule has 0 radical (unpaired) electrons. The van der Waals surface area contributed by atoms with Gasteiger partial charge in [0.2, 0.25) is 0 Å². The van der Waals surface area contributed by atoms with Crippen LogP contribution in [0.5, 0.6) is 0 Å². The number of aromatic nitrogens is 1. The molecule has 1 aromatic heterocycles. The van der Waals surface area contributed by atoms with Crippen LogP contribution in [0, 0.1) is 0 Å². The number of rotatable bonds is 1. The predicted octanol–water partition coefficient (Wildman–Crippen LogP) is 3.13. The second kappa shape index (κ2) is 3.42. The Labute approximate surface area is 73.9 Å². The zero-order chi connectivity index (χ0) is 7.56. The molecule has 1 rings (SSSR count). The molecule has 1 nitrogen and oxygen atoms in total. The molecule has 0 saturated heterocycles. The fraction of sp³-hybridized carbons (Fsp3) is 0.167. The second-order valence-corrected chi connectivity index (χ2v) is 2.80. The van der Waals surface area contributed by atoms with Gasteiger partial charge in [-0.25, -0.2) is 4.98 Å². The molecule has 0 atom stereocenters. The maximum Gasteiger partial charge on any atom is 0.133 e. The third-order valence-corrected chi connectivity index (χ3v) is 1.86. The van der Waals surface area contributed by atoms with Gasteiger partial charge in [0.25, 0.3) is 0 Å². The molecule has 0 amide bonds. The highest BCUT2D eigenvalue weighted by molar-refractivity contribution is 6.33. The van der Waals surface area contributed by atoms with Gasteiger partial charge in [-0.05, 0) is 6.07 Å². The van der Waals surface area contributed by atoms with Crippen molar-refractivity contribution in [1.29, 1.82) is 0 Å². The first-order chi connectivity index (χ1) is 4.74. The fourth-order valence-electron chi connectivity index (χ4n) is 0.558. The minimum absolute atomic E-state index is 0.340. The summed E-state index contributed by atoms with van der Waals surface area (Å²) < 4.78 is 0. The van der Waals surface area contributed by atoms with Crippen molar-refractivity contribution in [2.45, 2.75) is 5.88 Å². The Morgan fingerprint density at radius 2 is 2.10 bits per heavy atom. The lowest BCUT2D eigenvalue weighted by Gasteiger charge is -1.97. The zero-order valence-corrected chi connectivity index (χ0v) is 7.21. The maximum absolute atomic E-state index is 5.64. The highest BCUT2D eigenvalue weighted by Gasteiger charge is 1.99. The highest BCUT2D eigenvalue weighted by Crippen LogP contribution is 2.18. The average molecular weight is 196 g/mol. The number of nitrogens with zero attached hydrogens (tertiary/aromatic N) is 1. The summed E-state index contributed by atoms with van der Waals surface area (Å²) in [5, 5.41) is 0.972. The third kappa shape index (κ3) is 1.75. The van der Waals surface area contributed by atoms with Gasteiger partial charge in [0.1, 0.15) is 5.15 Å². The van der Waals surface area contributed by atoms with E-state index in [9.17, 15) is 0 Å². The number of pyridine rings is 1. The lowest BCUT2D eigenvalue weighted by atomic mass is 10.3. The van der Waals surface area contributed by atoms with Crippen LogP contribution in [0.15, 0.2) is 12.3 Å². The van der Waals surface area contributed by atoms with Crippen LogP contribution in [-0.2, 0) is 5.88 Å². The molecule has 0 aromatic carbocycles. The van der Waals surface area contributed by atoms with E-state index < -0.39 is 0 Å². The lowest BCUT2D eigenvalue weighted by molar-refractivity contribution is 1.25. The maximum atomic E-state index is 5.64. The third-order valence-electron chi connectivity index (χ3n) is 1.02. The van der Waals surface area contributed by atoms with Crippen molar-refractivity contribution in [3.05, 3.63) is 28.0 Å². The Morgan fingerprint density at radius 1 is 1.40 bits per heavy atom. The van der Waals surface area contributed by atoms with Gasteiger partial charge in [-0.1, -0.05) is 23.2 Å². The number of alkyl halides is 1. The molecule has 0 spiro atoms. The van der Waals surface area contributed by atoms with Gasteiger partial charge >= 0.3 is 0 Å². The average Bonchev–Trinajstić information content (AvgIpc) is 1.94. The zero-order valence-electron chi connectivity index (χ0n) is 4.94. The Balaban J connectivity index is 3.09. The smallest absolute Gasteiger partial charge is 0.133 e. The summed E-state index contributed by atoms with van der Waals surface area (Å²) >= 11 is 16.8. The van der Waals surface area contributed by atoms with Crippen molar-refractivity contribution in [2.24, 2.45) is 0 Å². The molecule has 0 bridgehead atoms. The van der Waals surface area contributed by atoms with Gasteiger partial charge in [0.15, 0.2) is 0 Å². The predicted molar refractivity (Wildman–Crippen MR) is 43.8 cm³/mol. The van der Waals surface area contributed by atoms with Crippen LogP contribution in [0.3, 0.4) is 0 Å². The highest BCUT2D eigenvalue weighted by atomic mass is 35.5. The minimum Gasteiger partial charge on any atom is -0.243 e. The van der Waals surface area contributed by atoms with Gasteiger partial charge in [-0.15, -0.1) is 11.6 Å². The van der Waals surface area contributed by atoms with E-state index in [2.05, 4.69) is 4.98 Å². The molecule has 1 heterocycles. The van der Waals surface area contributed by atoms with E-state index in [-0.39, 0.29) is 0 Å². The van der Waals surface area contributed by atoms with Crippen LogP contribution >= 0.6 is 34.8 Å². The SMILES string of the molecule is ClCc1cc(Cl)cnc1Cl. The standard InChI is InChI=1S/C6H4Cl3N/c7-2-4-1-5(8)3-10-6(4)9/h1,3H,2H2. The van der Waals surface area contributed by atoms with E-state index in [0.717, 1.165) is 5.56 Å². The molecule has 0 fully saturated rings. The van der Waals surface area contributed by atoms with Crippen LogP contribution in [0.4, 0.5) is 0 Å². The molecule has 0 aliphatic rings. The van der Waals surface area contributed by atoms with Gasteiger partial charge in [-0.2, -0.15) is 0 Å². The molecule has 10 heavy (non-hydrogen) atoms. The molecule has 1 aromatic rings. The first kappa shape index (κ1) is 8.12. The number of hydrogen-bond acceptors (Lipinski definition) is 1. The van der Waals surface area contributed by atoms with Crippen molar-refractivity contribution in [3.8, 4) is 0 Å². The molecular formula is C6H4Cl3N. The van der Waals surface area contributed by atoms with Crippen LogP contribution < -0.4 is 0 Å². The normalized spacial score (nSPS) is 9.90. The minimum atomic E-state index is 0.340. The molecule has 0 N–H and O–H groups in total. The second-order valence-electron chi connectivity index (χ2n) is 1.74. The summed E-state index contributed by atoms with van der Waals surface area (Å²) in [5.41, 5.74) is 0.760. The first-order valence-electron chi connectivity index (χ1n) is 2.60. The fourth-order valence-corrected chi connectivity index (χ4v) is 1.18. The molecule has 0 aliphatic heterocycles. The van der Waals surface area contributed by atoms with Crippen LogP contribution in [0.1, 0.15) is 5.56 Å². The van der Waals surface area contributed by atoms with Crippen LogP contribution in [0.2, 0.25) is 10.2 Å². The molecular weight excluding hydrogens is 192 g/mol. The van der Waals surface area contributed by atoms with Crippen molar-refractivity contribution in [3.63, 3.8) is 0 Å². The van der Waals surface area contributed by atoms with E-state index in [4.69, 9.17) is 34.8 Å². The number of hydrogen-bond donors (Lipinski definition) is 0. The summed E-state index contributed by atoms with van der Waals surface area (Å²) in [4.78, 5) is 3.80. The van der Waals surface area contributed by atoms with Gasteiger partial charge in [0.05, 0.1) is 10.9 Å². The van der Waals surface area contributed by atoms with Crippen LogP contribution in [0.25, 0.3) is 0 Å². The molecule has 0 saturated carbocycles. The van der Waals surface area contributed by atoms with E-state index >= 15 is 0 Å². The van der Waals surface area contributed by atoms with E-state index in [1.165, 1.54) is 6.20 Å². The Bertz CT molecular complexity index is 236. The Kier molecular flexibility index (Phi) is 2.78. The van der Waals surface area contributed by atoms with Gasteiger partial charge in [0, 0.05) is 11.8 Å². The largest absolute Gasteiger partial charge is 0.243 e. The molecule has 0 aliphatic carbocycles. The summed E-state index contributed by atoms with van der Waals surface area (Å²) in [7, 11) is 0. The molecule has 4 heteroatoms. The van der Waals surface area contributed by atoms with Crippen molar-refractivity contribution in [2.75, 3.05) is 0 Å². The van der Waals surface area contributed by atoms with E-state index in [0.29, 0.717) is 16.1 Å². The topological polar surface area (TPSA) is 12.9 Å².